The van der Waals surface area contributed by atoms with Crippen molar-refractivity contribution in [2.24, 2.45) is 0 Å². The second-order valence-electron chi connectivity index (χ2n) is 5.39. The van der Waals surface area contributed by atoms with Crippen molar-refractivity contribution < 1.29 is 4.79 Å². The predicted octanol–water partition coefficient (Wildman–Crippen LogP) is 5.20. The number of Topliss-reactive ketones (excluding diaryl/α,β-unsaturated/α-hetero) is 1. The zero-order chi connectivity index (χ0) is 13.5. The molecule has 2 heteroatoms. The van der Waals surface area contributed by atoms with Crippen molar-refractivity contribution in [2.45, 2.75) is 62.7 Å². The molecule has 0 aliphatic carbocycles. The van der Waals surface area contributed by atoms with Gasteiger partial charge in [-0.3, -0.25) is 4.79 Å². The van der Waals surface area contributed by atoms with E-state index >= 15 is 0 Å². The van der Waals surface area contributed by atoms with Gasteiger partial charge in [0.05, 0.1) is 5.92 Å². The van der Waals surface area contributed by atoms with Crippen LogP contribution >= 0.6 is 11.8 Å². The predicted molar refractivity (Wildman–Crippen MR) is 82.9 cm³/mol. The first-order valence-corrected chi connectivity index (χ1v) is 8.56. The van der Waals surface area contributed by atoms with Crippen LogP contribution in [0.1, 0.15) is 63.4 Å². The maximum absolute atomic E-state index is 12.3. The van der Waals surface area contributed by atoms with Crippen molar-refractivity contribution >= 4 is 17.5 Å². The number of rotatable bonds is 8. The Morgan fingerprint density at radius 2 is 1.89 bits per heavy atom. The van der Waals surface area contributed by atoms with Gasteiger partial charge >= 0.3 is 0 Å². The van der Waals surface area contributed by atoms with Crippen LogP contribution in [0.3, 0.4) is 0 Å². The molecule has 1 heterocycles. The Bertz CT molecular complexity index is 413. The molecule has 0 bridgehead atoms. The van der Waals surface area contributed by atoms with Gasteiger partial charge in [0.25, 0.3) is 0 Å². The average molecular weight is 276 g/mol. The number of carbonyl (C=O) groups is 1. The molecule has 1 atom stereocenters. The summed E-state index contributed by atoms with van der Waals surface area (Å²) >= 11 is 1.83. The minimum Gasteiger partial charge on any atom is -0.299 e. The molecule has 19 heavy (non-hydrogen) atoms. The molecule has 1 unspecified atom stereocenters. The lowest BCUT2D eigenvalue weighted by atomic mass is 9.93. The third kappa shape index (κ3) is 4.10. The number of carbonyl (C=O) groups excluding carboxylic acids is 1. The zero-order valence-corrected chi connectivity index (χ0v) is 12.7. The Kier molecular flexibility index (Phi) is 5.96. The Morgan fingerprint density at radius 3 is 2.74 bits per heavy atom. The van der Waals surface area contributed by atoms with Crippen LogP contribution < -0.4 is 0 Å². The Labute approximate surface area is 121 Å². The van der Waals surface area contributed by atoms with E-state index in [-0.39, 0.29) is 5.92 Å². The van der Waals surface area contributed by atoms with Gasteiger partial charge in [-0.15, -0.1) is 11.8 Å². The van der Waals surface area contributed by atoms with Gasteiger partial charge in [0, 0.05) is 17.1 Å². The van der Waals surface area contributed by atoms with E-state index in [9.17, 15) is 4.79 Å². The van der Waals surface area contributed by atoms with Crippen molar-refractivity contribution in [1.82, 2.24) is 0 Å². The number of fused-ring (bicyclic) bond motifs is 1. The number of thioether (sulfide) groups is 1. The molecule has 1 aromatic rings. The molecule has 0 amide bonds. The van der Waals surface area contributed by atoms with E-state index in [1.165, 1.54) is 42.6 Å². The minimum atomic E-state index is 0.164. The van der Waals surface area contributed by atoms with Crippen molar-refractivity contribution in [2.75, 3.05) is 5.75 Å². The largest absolute Gasteiger partial charge is 0.299 e. The summed E-state index contributed by atoms with van der Waals surface area (Å²) in [5, 5.41) is 0. The van der Waals surface area contributed by atoms with Crippen LogP contribution in [0.5, 0.6) is 0 Å². The van der Waals surface area contributed by atoms with Crippen molar-refractivity contribution in [3.8, 4) is 0 Å². The second-order valence-corrected chi connectivity index (χ2v) is 6.45. The van der Waals surface area contributed by atoms with Gasteiger partial charge in [0.1, 0.15) is 5.78 Å². The average Bonchev–Trinajstić information content (AvgIpc) is 2.86. The first kappa shape index (κ1) is 14.6. The van der Waals surface area contributed by atoms with Crippen LogP contribution in [-0.4, -0.2) is 11.5 Å². The zero-order valence-electron chi connectivity index (χ0n) is 11.9. The molecule has 1 nitrogen and oxygen atoms in total. The van der Waals surface area contributed by atoms with Crippen molar-refractivity contribution in [3.63, 3.8) is 0 Å². The summed E-state index contributed by atoms with van der Waals surface area (Å²) in [6.45, 7) is 2.23. The van der Waals surface area contributed by atoms with Gasteiger partial charge in [0.2, 0.25) is 0 Å². The standard InChI is InChI=1S/C17H24OS/c1-2-3-4-5-6-7-11-16(18)15-13-19-17-12-9-8-10-14(15)17/h8-10,12,15H,2-7,11,13H2,1H3. The van der Waals surface area contributed by atoms with E-state index in [1.807, 2.05) is 11.8 Å². The van der Waals surface area contributed by atoms with Crippen LogP contribution in [0.15, 0.2) is 29.2 Å². The molecule has 1 aliphatic heterocycles. The van der Waals surface area contributed by atoms with Crippen molar-refractivity contribution in [3.05, 3.63) is 29.8 Å². The fraction of sp³-hybridized carbons (Fsp3) is 0.588. The molecule has 104 valence electrons. The van der Waals surface area contributed by atoms with Crippen molar-refractivity contribution in [1.29, 1.82) is 0 Å². The van der Waals surface area contributed by atoms with Crippen LogP contribution in [0.25, 0.3) is 0 Å². The summed E-state index contributed by atoms with van der Waals surface area (Å²) in [7, 11) is 0. The van der Waals surface area contributed by atoms with Gasteiger partial charge < -0.3 is 0 Å². The molecule has 0 N–H and O–H groups in total. The van der Waals surface area contributed by atoms with E-state index < -0.39 is 0 Å². The number of hydrogen-bond donors (Lipinski definition) is 0. The number of unbranched alkanes of at least 4 members (excludes halogenated alkanes) is 5. The van der Waals surface area contributed by atoms with Crippen LogP contribution in [0.4, 0.5) is 0 Å². The van der Waals surface area contributed by atoms with Crippen LogP contribution in [-0.2, 0) is 4.79 Å². The summed E-state index contributed by atoms with van der Waals surface area (Å²) in [6, 6.07) is 8.37. The fourth-order valence-corrected chi connectivity index (χ4v) is 3.95. The second kappa shape index (κ2) is 7.74. The minimum absolute atomic E-state index is 0.164. The smallest absolute Gasteiger partial charge is 0.141 e. The molecule has 0 radical (unpaired) electrons. The normalized spacial score (nSPS) is 17.4. The van der Waals surface area contributed by atoms with E-state index in [1.54, 1.807) is 0 Å². The first-order chi connectivity index (χ1) is 9.33. The van der Waals surface area contributed by atoms with Crippen LogP contribution in [0, 0.1) is 0 Å². The number of ketones is 1. The molecule has 0 spiro atoms. The summed E-state index contributed by atoms with van der Waals surface area (Å²) in [4.78, 5) is 13.6. The van der Waals surface area contributed by atoms with E-state index in [0.717, 1.165) is 18.6 Å². The monoisotopic (exact) mass is 276 g/mol. The third-order valence-electron chi connectivity index (χ3n) is 3.87. The molecular weight excluding hydrogens is 252 g/mol. The molecule has 0 fully saturated rings. The van der Waals surface area contributed by atoms with E-state index in [0.29, 0.717) is 5.78 Å². The maximum atomic E-state index is 12.3. The molecule has 0 aromatic heterocycles. The third-order valence-corrected chi connectivity index (χ3v) is 5.05. The highest BCUT2D eigenvalue weighted by Gasteiger charge is 2.27. The fourth-order valence-electron chi connectivity index (χ4n) is 2.68. The summed E-state index contributed by atoms with van der Waals surface area (Å²) in [5.41, 5.74) is 1.27. The molecule has 1 aromatic carbocycles. The Morgan fingerprint density at radius 1 is 1.16 bits per heavy atom. The van der Waals surface area contributed by atoms with Gasteiger partial charge in [0.15, 0.2) is 0 Å². The highest BCUT2D eigenvalue weighted by molar-refractivity contribution is 7.99. The number of benzene rings is 1. The quantitative estimate of drug-likeness (QED) is 0.607. The van der Waals surface area contributed by atoms with Gasteiger partial charge in [-0.1, -0.05) is 57.2 Å². The molecule has 0 saturated carbocycles. The summed E-state index contributed by atoms with van der Waals surface area (Å²) < 4.78 is 0. The van der Waals surface area contributed by atoms with Gasteiger partial charge in [-0.2, -0.15) is 0 Å². The summed E-state index contributed by atoms with van der Waals surface area (Å²) in [5.74, 6) is 1.57. The SMILES string of the molecule is CCCCCCCCC(=O)C1CSc2ccccc21. The van der Waals surface area contributed by atoms with Crippen LogP contribution in [0.2, 0.25) is 0 Å². The maximum Gasteiger partial charge on any atom is 0.141 e. The Hall–Kier alpha value is -0.760. The lowest BCUT2D eigenvalue weighted by Gasteiger charge is -2.09. The highest BCUT2D eigenvalue weighted by atomic mass is 32.2. The topological polar surface area (TPSA) is 17.1 Å². The first-order valence-electron chi connectivity index (χ1n) is 7.57. The molecule has 0 saturated heterocycles. The summed E-state index contributed by atoms with van der Waals surface area (Å²) in [6.07, 6.45) is 8.30. The van der Waals surface area contributed by atoms with E-state index in [4.69, 9.17) is 0 Å². The van der Waals surface area contributed by atoms with E-state index in [2.05, 4.69) is 31.2 Å². The molecular formula is C17H24OS. The lowest BCUT2D eigenvalue weighted by molar-refractivity contribution is -0.120. The lowest BCUT2D eigenvalue weighted by Crippen LogP contribution is -2.11. The molecule has 2 rings (SSSR count). The number of hydrogen-bond acceptors (Lipinski definition) is 2. The van der Waals surface area contributed by atoms with Gasteiger partial charge in [-0.05, 0) is 18.1 Å². The Balaban J connectivity index is 1.73. The molecule has 1 aliphatic rings. The highest BCUT2D eigenvalue weighted by Crippen LogP contribution is 2.40. The van der Waals surface area contributed by atoms with Gasteiger partial charge in [-0.25, -0.2) is 0 Å².